The Labute approximate surface area is 152 Å². The number of amides is 1. The zero-order valence-electron chi connectivity index (χ0n) is 14.1. The topological polar surface area (TPSA) is 107 Å². The summed E-state index contributed by atoms with van der Waals surface area (Å²) < 4.78 is 0. The van der Waals surface area contributed by atoms with E-state index in [1.807, 2.05) is 0 Å². The largest absolute Gasteiger partial charge is 0.508 e. The second kappa shape index (κ2) is 7.50. The van der Waals surface area contributed by atoms with E-state index in [0.717, 1.165) is 18.4 Å². The van der Waals surface area contributed by atoms with Crippen LogP contribution in [0.5, 0.6) is 5.75 Å². The number of hydrogen-bond acceptors (Lipinski definition) is 5. The summed E-state index contributed by atoms with van der Waals surface area (Å²) in [5, 5.41) is 29.4. The van der Waals surface area contributed by atoms with Crippen molar-refractivity contribution in [3.63, 3.8) is 0 Å². The molecule has 1 aromatic carbocycles. The monoisotopic (exact) mass is 368 g/mol. The summed E-state index contributed by atoms with van der Waals surface area (Å²) in [4.78, 5) is 13.5. The molecule has 7 heteroatoms. The van der Waals surface area contributed by atoms with E-state index >= 15 is 0 Å². The Bertz CT molecular complexity index is 642. The van der Waals surface area contributed by atoms with Crippen molar-refractivity contribution in [2.75, 3.05) is 19.7 Å². The minimum Gasteiger partial charge on any atom is -0.508 e. The molecule has 1 amide bonds. The van der Waals surface area contributed by atoms with Crippen LogP contribution in [-0.2, 0) is 4.79 Å². The van der Waals surface area contributed by atoms with Crippen molar-refractivity contribution in [3.05, 3.63) is 28.3 Å². The van der Waals surface area contributed by atoms with Gasteiger partial charge in [0.1, 0.15) is 5.75 Å². The average Bonchev–Trinajstić information content (AvgIpc) is 3.46. The van der Waals surface area contributed by atoms with Crippen LogP contribution in [0.4, 0.5) is 0 Å². The van der Waals surface area contributed by atoms with Crippen LogP contribution >= 0.6 is 11.6 Å². The van der Waals surface area contributed by atoms with E-state index < -0.39 is 18.6 Å². The molecule has 138 valence electrons. The maximum atomic E-state index is 11.9. The molecule has 2 fully saturated rings. The molecule has 25 heavy (non-hydrogen) atoms. The van der Waals surface area contributed by atoms with E-state index in [-0.39, 0.29) is 17.7 Å². The molecule has 3 rings (SSSR count). The normalized spacial score (nSPS) is 21.2. The van der Waals surface area contributed by atoms with Gasteiger partial charge in [0, 0.05) is 29.7 Å². The minimum atomic E-state index is -1.36. The molecule has 0 unspecified atom stereocenters. The van der Waals surface area contributed by atoms with Crippen LogP contribution in [0.2, 0.25) is 5.02 Å². The molecule has 1 aromatic rings. The molecule has 1 aliphatic carbocycles. The predicted molar refractivity (Wildman–Crippen MR) is 94.4 cm³/mol. The number of halogens is 1. The first-order chi connectivity index (χ1) is 11.9. The lowest BCUT2D eigenvalue weighted by molar-refractivity contribution is -0.143. The zero-order chi connectivity index (χ0) is 18.1. The van der Waals surface area contributed by atoms with Crippen LogP contribution in [0.15, 0.2) is 12.1 Å². The number of aliphatic hydroxyl groups is 2. The third kappa shape index (κ3) is 3.92. The number of phenols is 1. The van der Waals surface area contributed by atoms with Crippen molar-refractivity contribution >= 4 is 17.5 Å². The highest BCUT2D eigenvalue weighted by Crippen LogP contribution is 2.46. The second-order valence-electron chi connectivity index (χ2n) is 7.09. The average molecular weight is 369 g/mol. The Morgan fingerprint density at radius 2 is 1.92 bits per heavy atom. The number of benzene rings is 1. The van der Waals surface area contributed by atoms with Crippen molar-refractivity contribution in [1.82, 2.24) is 4.90 Å². The Morgan fingerprint density at radius 1 is 1.28 bits per heavy atom. The number of rotatable bonds is 5. The molecule has 1 saturated heterocycles. The predicted octanol–water partition coefficient (Wildman–Crippen LogP) is 1.51. The summed E-state index contributed by atoms with van der Waals surface area (Å²) in [6.07, 6.45) is 2.20. The Hall–Kier alpha value is -1.34. The molecule has 2 aliphatic rings. The molecule has 0 bridgehead atoms. The zero-order valence-corrected chi connectivity index (χ0v) is 14.8. The van der Waals surface area contributed by atoms with Crippen molar-refractivity contribution in [3.8, 4) is 5.75 Å². The minimum absolute atomic E-state index is 0.115. The van der Waals surface area contributed by atoms with Gasteiger partial charge in [0.25, 0.3) is 5.91 Å². The van der Waals surface area contributed by atoms with Crippen LogP contribution < -0.4 is 5.73 Å². The van der Waals surface area contributed by atoms with Gasteiger partial charge in [-0.2, -0.15) is 0 Å². The number of carbonyl (C=O) groups is 1. The Morgan fingerprint density at radius 3 is 2.48 bits per heavy atom. The van der Waals surface area contributed by atoms with Crippen LogP contribution in [0, 0.1) is 5.92 Å². The van der Waals surface area contributed by atoms with Gasteiger partial charge in [-0.05, 0) is 55.2 Å². The van der Waals surface area contributed by atoms with E-state index in [9.17, 15) is 15.0 Å². The third-order valence-corrected chi connectivity index (χ3v) is 5.67. The quantitative estimate of drug-likeness (QED) is 0.630. The van der Waals surface area contributed by atoms with Crippen LogP contribution in [-0.4, -0.2) is 51.9 Å². The van der Waals surface area contributed by atoms with E-state index in [1.165, 1.54) is 0 Å². The van der Waals surface area contributed by atoms with Crippen LogP contribution in [0.3, 0.4) is 0 Å². The number of likely N-dealkylation sites (tertiary alicyclic amines) is 1. The molecule has 0 aromatic heterocycles. The molecular weight excluding hydrogens is 344 g/mol. The van der Waals surface area contributed by atoms with Crippen LogP contribution in [0.1, 0.15) is 48.8 Å². The maximum Gasteiger partial charge on any atom is 0.253 e. The standard InChI is InChI=1S/C18H25ClN2O4/c19-14-7-13(15(23)8-12(14)10-1-2-10)17(20)11-3-5-21(6-4-11)18(25)16(24)9-22/h7-8,10-11,16-17,22-24H,1-6,9,20H2/t16-,17-/m1/s1. The first kappa shape index (κ1) is 18.5. The van der Waals surface area contributed by atoms with Gasteiger partial charge in [-0.25, -0.2) is 0 Å². The SMILES string of the molecule is N[C@@H](c1cc(Cl)c(C2CC2)cc1O)C1CCN(C(=O)[C@H](O)CO)CC1. The Balaban J connectivity index is 1.65. The number of aromatic hydroxyl groups is 1. The number of carbonyl (C=O) groups excluding carboxylic acids is 1. The lowest BCUT2D eigenvalue weighted by Crippen LogP contribution is -2.46. The summed E-state index contributed by atoms with van der Waals surface area (Å²) in [5.41, 5.74) is 8.02. The van der Waals surface area contributed by atoms with Gasteiger partial charge in [0.05, 0.1) is 6.61 Å². The highest BCUT2D eigenvalue weighted by atomic mass is 35.5. The van der Waals surface area contributed by atoms with Gasteiger partial charge in [0.2, 0.25) is 0 Å². The Kier molecular flexibility index (Phi) is 5.53. The molecule has 5 N–H and O–H groups in total. The number of nitrogens with zero attached hydrogens (tertiary/aromatic N) is 1. The number of nitrogens with two attached hydrogens (primary N) is 1. The first-order valence-electron chi connectivity index (χ1n) is 8.78. The van der Waals surface area contributed by atoms with Crippen molar-refractivity contribution < 1.29 is 20.1 Å². The van der Waals surface area contributed by atoms with Gasteiger partial charge in [-0.15, -0.1) is 0 Å². The van der Waals surface area contributed by atoms with Gasteiger partial charge in [-0.3, -0.25) is 4.79 Å². The molecule has 1 heterocycles. The van der Waals surface area contributed by atoms with Gasteiger partial charge < -0.3 is 26.0 Å². The fourth-order valence-electron chi connectivity index (χ4n) is 3.59. The van der Waals surface area contributed by atoms with Gasteiger partial charge >= 0.3 is 0 Å². The van der Waals surface area contributed by atoms with Crippen LogP contribution in [0.25, 0.3) is 0 Å². The van der Waals surface area contributed by atoms with Gasteiger partial charge in [-0.1, -0.05) is 11.6 Å². The summed E-state index contributed by atoms with van der Waals surface area (Å²) >= 11 is 6.36. The number of phenolic OH excluding ortho intramolecular Hbond substituents is 1. The summed E-state index contributed by atoms with van der Waals surface area (Å²) in [5.74, 6) is 0.308. The second-order valence-corrected chi connectivity index (χ2v) is 7.50. The van der Waals surface area contributed by atoms with Crippen molar-refractivity contribution in [2.45, 2.75) is 43.7 Å². The molecule has 2 atom stereocenters. The molecule has 1 saturated carbocycles. The molecule has 6 nitrogen and oxygen atoms in total. The highest BCUT2D eigenvalue weighted by molar-refractivity contribution is 6.31. The molecule has 0 radical (unpaired) electrons. The fourth-order valence-corrected chi connectivity index (χ4v) is 3.92. The van der Waals surface area contributed by atoms with E-state index in [0.29, 0.717) is 42.4 Å². The lowest BCUT2D eigenvalue weighted by Gasteiger charge is -2.35. The smallest absolute Gasteiger partial charge is 0.253 e. The molecule has 0 spiro atoms. The summed E-state index contributed by atoms with van der Waals surface area (Å²) in [7, 11) is 0. The van der Waals surface area contributed by atoms with E-state index in [1.54, 1.807) is 17.0 Å². The highest BCUT2D eigenvalue weighted by Gasteiger charge is 2.32. The number of aliphatic hydroxyl groups excluding tert-OH is 2. The fraction of sp³-hybridized carbons (Fsp3) is 0.611. The van der Waals surface area contributed by atoms with Crippen molar-refractivity contribution in [2.24, 2.45) is 11.7 Å². The van der Waals surface area contributed by atoms with Crippen molar-refractivity contribution in [1.29, 1.82) is 0 Å². The number of hydrogen-bond donors (Lipinski definition) is 4. The number of piperidine rings is 1. The third-order valence-electron chi connectivity index (χ3n) is 5.34. The first-order valence-corrected chi connectivity index (χ1v) is 9.15. The molecule has 1 aliphatic heterocycles. The van der Waals surface area contributed by atoms with Gasteiger partial charge in [0.15, 0.2) is 6.10 Å². The molecular formula is C18H25ClN2O4. The lowest BCUT2D eigenvalue weighted by atomic mass is 9.85. The summed E-state index contributed by atoms with van der Waals surface area (Å²) in [6, 6.07) is 3.17. The maximum absolute atomic E-state index is 11.9. The van der Waals surface area contributed by atoms with E-state index in [4.69, 9.17) is 22.4 Å². The summed E-state index contributed by atoms with van der Waals surface area (Å²) in [6.45, 7) is 0.379. The van der Waals surface area contributed by atoms with E-state index in [2.05, 4.69) is 0 Å².